The van der Waals surface area contributed by atoms with E-state index in [0.717, 1.165) is 24.2 Å². The molecule has 3 aromatic rings. The van der Waals surface area contributed by atoms with Crippen molar-refractivity contribution in [3.63, 3.8) is 0 Å². The molecule has 1 atom stereocenters. The highest BCUT2D eigenvalue weighted by Gasteiger charge is 2.30. The van der Waals surface area contributed by atoms with Crippen LogP contribution in [0.3, 0.4) is 0 Å². The number of piperazine rings is 1. The van der Waals surface area contributed by atoms with E-state index in [4.69, 9.17) is 0 Å². The van der Waals surface area contributed by atoms with Crippen molar-refractivity contribution in [1.29, 1.82) is 0 Å². The Morgan fingerprint density at radius 1 is 1.06 bits per heavy atom. The van der Waals surface area contributed by atoms with E-state index in [1.54, 1.807) is 0 Å². The van der Waals surface area contributed by atoms with E-state index < -0.39 is 0 Å². The average Bonchev–Trinajstić information content (AvgIpc) is 2.79. The smallest absolute Gasteiger partial charge is 0.254 e. The van der Waals surface area contributed by atoms with Gasteiger partial charge in [0, 0.05) is 42.9 Å². The topological polar surface area (TPSA) is 69.3 Å². The van der Waals surface area contributed by atoms with Gasteiger partial charge in [-0.3, -0.25) is 9.59 Å². The molecule has 0 aliphatic carbocycles. The van der Waals surface area contributed by atoms with E-state index in [-0.39, 0.29) is 17.5 Å². The third kappa shape index (κ3) is 4.75. The molecule has 1 N–H and O–H groups in total. The summed E-state index contributed by atoms with van der Waals surface area (Å²) in [5, 5.41) is 0. The first-order valence-electron chi connectivity index (χ1n) is 10.7. The molecule has 160 valence electrons. The molecule has 0 radical (unpaired) electrons. The first-order valence-corrected chi connectivity index (χ1v) is 10.7. The molecule has 31 heavy (non-hydrogen) atoms. The van der Waals surface area contributed by atoms with Gasteiger partial charge < -0.3 is 14.8 Å². The Labute approximate surface area is 182 Å². The van der Waals surface area contributed by atoms with Gasteiger partial charge in [-0.1, -0.05) is 60.7 Å². The van der Waals surface area contributed by atoms with Crippen molar-refractivity contribution in [3.8, 4) is 11.4 Å². The van der Waals surface area contributed by atoms with Crippen molar-refractivity contribution >= 4 is 5.91 Å². The average molecular weight is 417 g/mol. The summed E-state index contributed by atoms with van der Waals surface area (Å²) >= 11 is 0. The van der Waals surface area contributed by atoms with E-state index >= 15 is 0 Å². The Morgan fingerprint density at radius 3 is 2.42 bits per heavy atom. The number of aromatic nitrogens is 2. The number of rotatable bonds is 5. The molecule has 1 amide bonds. The number of amides is 1. The largest absolute Gasteiger partial charge is 0.333 e. The number of carbonyl (C=O) groups is 1. The van der Waals surface area contributed by atoms with E-state index in [0.29, 0.717) is 36.5 Å². The van der Waals surface area contributed by atoms with Gasteiger partial charge in [-0.25, -0.2) is 4.98 Å². The number of H-pyrrole nitrogens is 1. The molecule has 0 bridgehead atoms. The predicted molar refractivity (Wildman–Crippen MR) is 122 cm³/mol. The number of carbonyl (C=O) groups excluding carboxylic acids is 1. The van der Waals surface area contributed by atoms with Crippen LogP contribution in [-0.2, 0) is 11.2 Å². The van der Waals surface area contributed by atoms with Crippen LogP contribution in [0.15, 0.2) is 65.5 Å². The molecule has 4 rings (SSSR count). The Balaban J connectivity index is 1.49. The number of likely N-dealkylation sites (N-methyl/N-ethyl adjacent to an activating group) is 1. The van der Waals surface area contributed by atoms with Gasteiger partial charge in [-0.15, -0.1) is 0 Å². The zero-order valence-corrected chi connectivity index (χ0v) is 18.0. The first-order chi connectivity index (χ1) is 15.0. The lowest BCUT2D eigenvalue weighted by molar-refractivity contribution is -0.136. The van der Waals surface area contributed by atoms with Crippen LogP contribution in [0.1, 0.15) is 29.3 Å². The molecular formula is C25H28N4O2. The van der Waals surface area contributed by atoms with Gasteiger partial charge in [-0.05, 0) is 26.0 Å². The maximum atomic E-state index is 13.1. The number of aromatic amines is 1. The molecule has 1 aliphatic heterocycles. The number of hydrogen-bond donors (Lipinski definition) is 1. The van der Waals surface area contributed by atoms with Crippen LogP contribution in [0.2, 0.25) is 0 Å². The summed E-state index contributed by atoms with van der Waals surface area (Å²) in [5.41, 5.74) is 3.10. The van der Waals surface area contributed by atoms with Gasteiger partial charge in [0.15, 0.2) is 0 Å². The minimum atomic E-state index is -0.169. The third-order valence-corrected chi connectivity index (χ3v) is 5.95. The van der Waals surface area contributed by atoms with E-state index in [1.165, 1.54) is 0 Å². The van der Waals surface area contributed by atoms with Gasteiger partial charge >= 0.3 is 0 Å². The molecule has 1 saturated heterocycles. The molecule has 1 fully saturated rings. The molecule has 0 spiro atoms. The molecule has 0 saturated carbocycles. The lowest BCUT2D eigenvalue weighted by Gasteiger charge is -2.40. The van der Waals surface area contributed by atoms with Crippen molar-refractivity contribution in [2.24, 2.45) is 0 Å². The zero-order valence-electron chi connectivity index (χ0n) is 18.0. The minimum absolute atomic E-state index is 0.0328. The Hall–Kier alpha value is -3.25. The molecule has 6 heteroatoms. The zero-order chi connectivity index (χ0) is 21.8. The second kappa shape index (κ2) is 9.27. The van der Waals surface area contributed by atoms with E-state index in [1.807, 2.05) is 60.4 Å². The fraction of sp³-hybridized carbons (Fsp3) is 0.320. The second-order valence-corrected chi connectivity index (χ2v) is 8.12. The van der Waals surface area contributed by atoms with Gasteiger partial charge in [0.2, 0.25) is 5.91 Å². The lowest BCUT2D eigenvalue weighted by Crippen LogP contribution is -2.49. The monoisotopic (exact) mass is 416 g/mol. The molecule has 1 aliphatic rings. The summed E-state index contributed by atoms with van der Waals surface area (Å²) < 4.78 is 0. The van der Waals surface area contributed by atoms with Crippen molar-refractivity contribution in [3.05, 3.63) is 87.8 Å². The van der Waals surface area contributed by atoms with Crippen LogP contribution in [0, 0.1) is 6.92 Å². The Bertz CT molecular complexity index is 1100. The maximum Gasteiger partial charge on any atom is 0.254 e. The fourth-order valence-electron chi connectivity index (χ4n) is 4.19. The standard InChI is InChI=1S/C25H28N4O2/c1-18-21(25(31)27-24(26-18)20-11-7-4-8-12-20)13-14-23(30)29-16-15-28(2)17-22(29)19-9-5-3-6-10-19/h3-12,22H,13-17H2,1-2H3,(H,26,27,31)/t22-/m0/s1. The normalized spacial score (nSPS) is 17.0. The highest BCUT2D eigenvalue weighted by atomic mass is 16.2. The summed E-state index contributed by atoms with van der Waals surface area (Å²) in [6, 6.07) is 19.8. The molecule has 2 aromatic carbocycles. The molecular weight excluding hydrogens is 388 g/mol. The van der Waals surface area contributed by atoms with Crippen LogP contribution in [0.25, 0.3) is 11.4 Å². The number of aryl methyl sites for hydroxylation is 1. The van der Waals surface area contributed by atoms with Gasteiger partial charge in [0.1, 0.15) is 5.82 Å². The van der Waals surface area contributed by atoms with Gasteiger partial charge in [-0.2, -0.15) is 0 Å². The number of hydrogen-bond acceptors (Lipinski definition) is 4. The quantitative estimate of drug-likeness (QED) is 0.694. The van der Waals surface area contributed by atoms with Crippen molar-refractivity contribution in [1.82, 2.24) is 19.8 Å². The number of nitrogens with one attached hydrogen (secondary N) is 1. The highest BCUT2D eigenvalue weighted by Crippen LogP contribution is 2.26. The van der Waals surface area contributed by atoms with Crippen molar-refractivity contribution in [2.45, 2.75) is 25.8 Å². The van der Waals surface area contributed by atoms with Crippen molar-refractivity contribution < 1.29 is 4.79 Å². The number of benzene rings is 2. The van der Waals surface area contributed by atoms with E-state index in [2.05, 4.69) is 34.0 Å². The fourth-order valence-corrected chi connectivity index (χ4v) is 4.19. The summed E-state index contributed by atoms with van der Waals surface area (Å²) in [5.74, 6) is 0.634. The van der Waals surface area contributed by atoms with Crippen molar-refractivity contribution in [2.75, 3.05) is 26.7 Å². The first kappa shape index (κ1) is 21.0. The number of nitrogens with zero attached hydrogens (tertiary/aromatic N) is 3. The molecule has 1 aromatic heterocycles. The van der Waals surface area contributed by atoms with Gasteiger partial charge in [0.25, 0.3) is 5.56 Å². The summed E-state index contributed by atoms with van der Waals surface area (Å²) in [7, 11) is 2.08. The maximum absolute atomic E-state index is 13.1. The minimum Gasteiger partial charge on any atom is -0.333 e. The van der Waals surface area contributed by atoms with Crippen LogP contribution in [-0.4, -0.2) is 52.4 Å². The molecule has 2 heterocycles. The SMILES string of the molecule is Cc1nc(-c2ccccc2)[nH]c(=O)c1CCC(=O)N1CCN(C)C[C@H]1c1ccccc1. The third-order valence-electron chi connectivity index (χ3n) is 5.95. The summed E-state index contributed by atoms with van der Waals surface area (Å²) in [4.78, 5) is 37.5. The van der Waals surface area contributed by atoms with Crippen LogP contribution >= 0.6 is 0 Å². The van der Waals surface area contributed by atoms with Crippen LogP contribution < -0.4 is 5.56 Å². The van der Waals surface area contributed by atoms with Crippen LogP contribution in [0.4, 0.5) is 0 Å². The van der Waals surface area contributed by atoms with Gasteiger partial charge in [0.05, 0.1) is 6.04 Å². The molecule has 6 nitrogen and oxygen atoms in total. The van der Waals surface area contributed by atoms with Crippen LogP contribution in [0.5, 0.6) is 0 Å². The second-order valence-electron chi connectivity index (χ2n) is 8.12. The van der Waals surface area contributed by atoms with E-state index in [9.17, 15) is 9.59 Å². The Morgan fingerprint density at radius 2 is 1.74 bits per heavy atom. The summed E-state index contributed by atoms with van der Waals surface area (Å²) in [6.07, 6.45) is 0.680. The Kier molecular flexibility index (Phi) is 6.28. The summed E-state index contributed by atoms with van der Waals surface area (Å²) in [6.45, 7) is 4.18. The molecule has 0 unspecified atom stereocenters. The lowest BCUT2D eigenvalue weighted by atomic mass is 10.0. The highest BCUT2D eigenvalue weighted by molar-refractivity contribution is 5.77. The predicted octanol–water partition coefficient (Wildman–Crippen LogP) is 3.19.